The molecule has 1 amide bonds. The predicted molar refractivity (Wildman–Crippen MR) is 40.9 cm³/mol. The van der Waals surface area contributed by atoms with Gasteiger partial charge in [0.1, 0.15) is 0 Å². The summed E-state index contributed by atoms with van der Waals surface area (Å²) in [7, 11) is 0. The van der Waals surface area contributed by atoms with Crippen molar-refractivity contribution in [1.82, 2.24) is 4.58 Å². The van der Waals surface area contributed by atoms with Crippen LogP contribution in [0, 0.1) is 0 Å². The van der Waals surface area contributed by atoms with Crippen LogP contribution in [0.4, 0.5) is 4.79 Å². The number of hydrogen-bond acceptors (Lipinski definition) is 3. The van der Waals surface area contributed by atoms with Crippen molar-refractivity contribution in [2.45, 2.75) is 26.9 Å². The van der Waals surface area contributed by atoms with Crippen LogP contribution in [0.1, 0.15) is 20.8 Å². The quantitative estimate of drug-likeness (QED) is 0.494. The van der Waals surface area contributed by atoms with Crippen LogP contribution < -0.4 is 0 Å². The molecule has 0 aliphatic carbocycles. The largest absolute Gasteiger partial charge is 0.449 e. The fourth-order valence-corrected chi connectivity index (χ4v) is 0.611. The molecule has 0 aromatic rings. The molecule has 0 aromatic heterocycles. The Balaban J connectivity index is 3.64. The van der Waals surface area contributed by atoms with E-state index < -0.39 is 6.09 Å². The summed E-state index contributed by atoms with van der Waals surface area (Å²) in [6.07, 6.45) is -0.834. The van der Waals surface area contributed by atoms with Gasteiger partial charge in [-0.3, -0.25) is 0 Å². The van der Waals surface area contributed by atoms with Gasteiger partial charge in [0.15, 0.2) is 0 Å². The van der Waals surface area contributed by atoms with Crippen molar-refractivity contribution < 1.29 is 14.4 Å². The van der Waals surface area contributed by atoms with Crippen LogP contribution >= 0.6 is 11.8 Å². The molecule has 5 heteroatoms. The number of ether oxygens (including phenoxy) is 1. The van der Waals surface area contributed by atoms with E-state index in [4.69, 9.17) is 16.6 Å². The Kier molecular flexibility index (Phi) is 4.98. The van der Waals surface area contributed by atoms with E-state index in [0.29, 0.717) is 4.58 Å². The van der Waals surface area contributed by atoms with E-state index in [1.807, 2.05) is 0 Å². The first-order chi connectivity index (χ1) is 5.07. The van der Waals surface area contributed by atoms with Crippen LogP contribution in [0.5, 0.6) is 0 Å². The Morgan fingerprint density at radius 2 is 2.18 bits per heavy atom. The molecule has 0 aromatic carbocycles. The van der Waals surface area contributed by atoms with Gasteiger partial charge in [0.25, 0.3) is 0 Å². The first-order valence-corrected chi connectivity index (χ1v) is 3.71. The summed E-state index contributed by atoms with van der Waals surface area (Å²) in [5.74, 6) is 0. The molecule has 0 bridgehead atoms. The van der Waals surface area contributed by atoms with Gasteiger partial charge in [0.2, 0.25) is 0 Å². The highest BCUT2D eigenvalue weighted by Crippen LogP contribution is 2.02. The lowest BCUT2D eigenvalue weighted by atomic mass is 10.5. The lowest BCUT2D eigenvalue weighted by molar-refractivity contribution is -0.103. The van der Waals surface area contributed by atoms with E-state index in [1.54, 1.807) is 20.8 Å². The third-order valence-electron chi connectivity index (χ3n) is 0.715. The second kappa shape index (κ2) is 5.21. The van der Waals surface area contributed by atoms with Crippen molar-refractivity contribution in [2.24, 2.45) is 0 Å². The first-order valence-electron chi connectivity index (χ1n) is 3.37. The van der Waals surface area contributed by atoms with E-state index in [9.17, 15) is 4.79 Å². The van der Waals surface area contributed by atoms with Crippen LogP contribution in [-0.2, 0) is 9.57 Å². The molecule has 0 aliphatic heterocycles. The first kappa shape index (κ1) is 10.5. The fourth-order valence-electron chi connectivity index (χ4n) is 0.402. The van der Waals surface area contributed by atoms with Crippen LogP contribution in [0.15, 0.2) is 0 Å². The van der Waals surface area contributed by atoms with Gasteiger partial charge in [-0.2, -0.15) is 0 Å². The van der Waals surface area contributed by atoms with Crippen LogP contribution in [0.25, 0.3) is 0 Å². The van der Waals surface area contributed by atoms with E-state index >= 15 is 0 Å². The van der Waals surface area contributed by atoms with Crippen LogP contribution in [0.2, 0.25) is 0 Å². The molecule has 4 nitrogen and oxygen atoms in total. The molecule has 0 unspecified atom stereocenters. The Labute approximate surface area is 71.1 Å². The zero-order chi connectivity index (χ0) is 8.85. The molecule has 0 saturated heterocycles. The second-order valence-corrected chi connectivity index (χ2v) is 2.40. The van der Waals surface area contributed by atoms with Crippen molar-refractivity contribution in [1.29, 1.82) is 0 Å². The van der Waals surface area contributed by atoms with Crippen LogP contribution in [0.3, 0.4) is 0 Å². The number of hydrogen-bond donors (Lipinski definition) is 0. The van der Waals surface area contributed by atoms with Crippen LogP contribution in [-0.4, -0.2) is 23.4 Å². The third-order valence-corrected chi connectivity index (χ3v) is 0.932. The summed E-state index contributed by atoms with van der Waals surface area (Å²) in [6.45, 7) is 5.49. The average Bonchev–Trinajstić information content (AvgIpc) is 1.86. The monoisotopic (exact) mass is 181 g/mol. The Bertz CT molecular complexity index is 129. The summed E-state index contributed by atoms with van der Waals surface area (Å²) in [4.78, 5) is 15.5. The number of carbonyl (C=O) groups is 1. The summed E-state index contributed by atoms with van der Waals surface area (Å²) in [5, 5.41) is 0. The maximum Gasteiger partial charge on any atom is 0.449 e. The summed E-state index contributed by atoms with van der Waals surface area (Å²) < 4.78 is 5.10. The Morgan fingerprint density at radius 1 is 1.64 bits per heavy atom. The Hall–Kier alpha value is -0.480. The number of halogens is 1. The van der Waals surface area contributed by atoms with E-state index in [1.165, 1.54) is 0 Å². The zero-order valence-electron chi connectivity index (χ0n) is 6.83. The molecular formula is C6H12ClNO3. The number of rotatable bonds is 3. The van der Waals surface area contributed by atoms with Crippen molar-refractivity contribution in [3.05, 3.63) is 0 Å². The maximum atomic E-state index is 10.7. The number of hydroxylamine groups is 1. The summed E-state index contributed by atoms with van der Waals surface area (Å²) >= 11 is 5.34. The normalized spacial score (nSPS) is 9.91. The number of nitrogens with zero attached hydrogens (tertiary/aromatic N) is 1. The summed E-state index contributed by atoms with van der Waals surface area (Å²) in [5.41, 5.74) is 0. The van der Waals surface area contributed by atoms with Gasteiger partial charge >= 0.3 is 6.09 Å². The van der Waals surface area contributed by atoms with E-state index in [0.717, 1.165) is 0 Å². The van der Waals surface area contributed by atoms with Crippen molar-refractivity contribution >= 4 is 17.9 Å². The second-order valence-electron chi connectivity index (χ2n) is 2.10. The van der Waals surface area contributed by atoms with E-state index in [-0.39, 0.29) is 12.7 Å². The minimum Gasteiger partial charge on any atom is -0.447 e. The Morgan fingerprint density at radius 3 is 2.55 bits per heavy atom. The lowest BCUT2D eigenvalue weighted by Crippen LogP contribution is -2.25. The molecule has 0 saturated carbocycles. The number of carbonyl (C=O) groups excluding carboxylic acids is 1. The van der Waals surface area contributed by atoms with Gasteiger partial charge in [0, 0.05) is 11.8 Å². The van der Waals surface area contributed by atoms with Gasteiger partial charge in [0.05, 0.1) is 12.7 Å². The molecule has 66 valence electrons. The maximum absolute atomic E-state index is 10.7. The van der Waals surface area contributed by atoms with Gasteiger partial charge in [-0.15, -0.1) is 0 Å². The highest BCUT2D eigenvalue weighted by Gasteiger charge is 2.13. The van der Waals surface area contributed by atoms with Gasteiger partial charge < -0.3 is 4.74 Å². The molecule has 11 heavy (non-hydrogen) atoms. The molecular weight excluding hydrogens is 170 g/mol. The highest BCUT2D eigenvalue weighted by molar-refractivity contribution is 6.19. The molecule has 0 atom stereocenters. The van der Waals surface area contributed by atoms with Crippen molar-refractivity contribution in [3.8, 4) is 0 Å². The molecule has 0 spiro atoms. The van der Waals surface area contributed by atoms with Gasteiger partial charge in [-0.1, -0.05) is 4.58 Å². The SMILES string of the molecule is CCOC(=O)N(Cl)OC(C)C. The number of amides is 1. The fraction of sp³-hybridized carbons (Fsp3) is 0.833. The van der Waals surface area contributed by atoms with Gasteiger partial charge in [-0.05, 0) is 20.8 Å². The summed E-state index contributed by atoms with van der Waals surface area (Å²) in [6, 6.07) is 0. The lowest BCUT2D eigenvalue weighted by Gasteiger charge is -2.14. The third kappa shape index (κ3) is 4.86. The molecule has 0 aliphatic rings. The van der Waals surface area contributed by atoms with Crippen molar-refractivity contribution in [2.75, 3.05) is 6.61 Å². The highest BCUT2D eigenvalue weighted by atomic mass is 35.5. The predicted octanol–water partition coefficient (Wildman–Crippen LogP) is 1.94. The standard InChI is InChI=1S/C6H12ClNO3/c1-4-10-6(9)8(7)11-5(2)3/h5H,4H2,1-3H3. The molecule has 0 radical (unpaired) electrons. The minimum atomic E-state index is -0.692. The topological polar surface area (TPSA) is 38.8 Å². The smallest absolute Gasteiger partial charge is 0.447 e. The zero-order valence-corrected chi connectivity index (χ0v) is 7.59. The van der Waals surface area contributed by atoms with Crippen molar-refractivity contribution in [3.63, 3.8) is 0 Å². The average molecular weight is 182 g/mol. The molecule has 0 heterocycles. The minimum absolute atomic E-state index is 0.142. The van der Waals surface area contributed by atoms with E-state index in [2.05, 4.69) is 4.74 Å². The molecule has 0 rings (SSSR count). The molecule has 0 fully saturated rings. The molecule has 0 N–H and O–H groups in total. The van der Waals surface area contributed by atoms with Gasteiger partial charge in [-0.25, -0.2) is 9.63 Å².